The van der Waals surface area contributed by atoms with Crippen molar-refractivity contribution >= 4 is 21.6 Å². The van der Waals surface area contributed by atoms with Crippen molar-refractivity contribution in [3.8, 4) is 5.75 Å². The van der Waals surface area contributed by atoms with Gasteiger partial charge in [0.05, 0.1) is 18.2 Å². The molecule has 0 heterocycles. The van der Waals surface area contributed by atoms with Crippen LogP contribution in [0, 0.1) is 0 Å². The number of sulfonamides is 1. The zero-order valence-electron chi connectivity index (χ0n) is 15.3. The summed E-state index contributed by atoms with van der Waals surface area (Å²) < 4.78 is 109. The Morgan fingerprint density at radius 2 is 1.47 bits per heavy atom. The molecule has 0 atom stereocenters. The molecule has 30 heavy (non-hydrogen) atoms. The first-order chi connectivity index (χ1) is 13.7. The van der Waals surface area contributed by atoms with Crippen LogP contribution >= 0.6 is 0 Å². The smallest absolute Gasteiger partial charge is 0.416 e. The molecule has 164 valence electrons. The molecule has 2 N–H and O–H groups in total. The highest BCUT2D eigenvalue weighted by Crippen LogP contribution is 2.37. The predicted octanol–water partition coefficient (Wildman–Crippen LogP) is 3.89. The highest BCUT2D eigenvalue weighted by atomic mass is 32.2. The van der Waals surface area contributed by atoms with E-state index in [1.165, 1.54) is 7.11 Å². The third-order valence-electron chi connectivity index (χ3n) is 3.83. The van der Waals surface area contributed by atoms with Crippen LogP contribution in [0.25, 0.3) is 0 Å². The molecule has 0 unspecified atom stereocenters. The normalized spacial score (nSPS) is 12.5. The Balaban J connectivity index is 2.49. The van der Waals surface area contributed by atoms with Gasteiger partial charge in [0.15, 0.2) is 0 Å². The second-order valence-electron chi connectivity index (χ2n) is 5.82. The van der Waals surface area contributed by atoms with E-state index >= 15 is 0 Å². The van der Waals surface area contributed by atoms with Gasteiger partial charge in [-0.25, -0.2) is 13.1 Å². The average molecular weight is 456 g/mol. The van der Waals surface area contributed by atoms with Crippen LogP contribution in [0.1, 0.15) is 21.5 Å². The van der Waals surface area contributed by atoms with Gasteiger partial charge < -0.3 is 10.1 Å². The highest BCUT2D eigenvalue weighted by molar-refractivity contribution is 7.89. The highest BCUT2D eigenvalue weighted by Gasteiger charge is 2.37. The Bertz CT molecular complexity index is 1030. The van der Waals surface area contributed by atoms with Gasteiger partial charge in [-0.15, -0.1) is 0 Å². The van der Waals surface area contributed by atoms with Gasteiger partial charge >= 0.3 is 12.4 Å². The lowest BCUT2D eigenvalue weighted by atomic mass is 10.1. The fraction of sp³-hybridized carbons (Fsp3) is 0.235. The molecular weight excluding hydrogens is 442 g/mol. The molecule has 0 aliphatic carbocycles. The van der Waals surface area contributed by atoms with Gasteiger partial charge in [0, 0.05) is 11.3 Å². The van der Waals surface area contributed by atoms with E-state index in [-0.39, 0.29) is 17.4 Å². The molecule has 2 rings (SSSR count). The number of hydrogen-bond acceptors (Lipinski definition) is 4. The summed E-state index contributed by atoms with van der Waals surface area (Å²) in [6.07, 6.45) is -10.2. The molecule has 0 saturated carbocycles. The lowest BCUT2D eigenvalue weighted by Gasteiger charge is -2.15. The molecule has 0 fully saturated rings. The number of alkyl halides is 6. The number of halogens is 6. The first kappa shape index (κ1) is 23.5. The molecule has 2 aromatic carbocycles. The number of carbonyl (C=O) groups is 1. The summed E-state index contributed by atoms with van der Waals surface area (Å²) in [5.74, 6) is -1.25. The van der Waals surface area contributed by atoms with E-state index in [1.54, 1.807) is 0 Å². The van der Waals surface area contributed by atoms with Crippen LogP contribution in [0.2, 0.25) is 0 Å². The van der Waals surface area contributed by atoms with Crippen molar-refractivity contribution in [3.63, 3.8) is 0 Å². The van der Waals surface area contributed by atoms with Gasteiger partial charge in [-0.05, 0) is 43.4 Å². The number of rotatable bonds is 5. The van der Waals surface area contributed by atoms with Crippen LogP contribution in [0.5, 0.6) is 5.75 Å². The van der Waals surface area contributed by atoms with Gasteiger partial charge in [-0.1, -0.05) is 0 Å². The number of hydrogen-bond donors (Lipinski definition) is 2. The van der Waals surface area contributed by atoms with Crippen molar-refractivity contribution < 1.29 is 44.3 Å². The predicted molar refractivity (Wildman–Crippen MR) is 93.6 cm³/mol. The number of amides is 1. The number of methoxy groups -OCH3 is 1. The van der Waals surface area contributed by atoms with Crippen molar-refractivity contribution in [2.45, 2.75) is 17.2 Å². The Kier molecular flexibility index (Phi) is 6.37. The minimum atomic E-state index is -5.09. The molecule has 0 bridgehead atoms. The summed E-state index contributed by atoms with van der Waals surface area (Å²) in [6.45, 7) is 0. The van der Waals surface area contributed by atoms with E-state index in [4.69, 9.17) is 4.74 Å². The van der Waals surface area contributed by atoms with Crippen LogP contribution in [-0.2, 0) is 22.4 Å². The van der Waals surface area contributed by atoms with Crippen molar-refractivity contribution in [1.82, 2.24) is 4.72 Å². The quantitative estimate of drug-likeness (QED) is 0.669. The van der Waals surface area contributed by atoms with E-state index in [2.05, 4.69) is 0 Å². The summed E-state index contributed by atoms with van der Waals surface area (Å²) in [4.78, 5) is 11.9. The van der Waals surface area contributed by atoms with Gasteiger partial charge in [-0.2, -0.15) is 26.3 Å². The first-order valence-corrected chi connectivity index (χ1v) is 9.40. The molecule has 2 aromatic rings. The Labute approximate surface area is 166 Å². The molecule has 13 heteroatoms. The molecule has 1 amide bonds. The maximum Gasteiger partial charge on any atom is 0.416 e. The zero-order valence-corrected chi connectivity index (χ0v) is 16.1. The average Bonchev–Trinajstić information content (AvgIpc) is 2.65. The van der Waals surface area contributed by atoms with Crippen LogP contribution in [-0.4, -0.2) is 28.5 Å². The summed E-state index contributed by atoms with van der Waals surface area (Å²) >= 11 is 0. The topological polar surface area (TPSA) is 84.5 Å². The molecule has 0 spiro atoms. The summed E-state index contributed by atoms with van der Waals surface area (Å²) in [5, 5.41) is 1.92. The minimum Gasteiger partial charge on any atom is -0.495 e. The third-order valence-corrected chi connectivity index (χ3v) is 5.27. The lowest BCUT2D eigenvalue weighted by molar-refractivity contribution is -0.143. The molecule has 0 radical (unpaired) electrons. The fourth-order valence-corrected chi connectivity index (χ4v) is 3.29. The van der Waals surface area contributed by atoms with E-state index < -0.39 is 50.0 Å². The second-order valence-corrected chi connectivity index (χ2v) is 7.68. The van der Waals surface area contributed by atoms with E-state index in [1.807, 2.05) is 10.0 Å². The maximum atomic E-state index is 12.9. The van der Waals surface area contributed by atoms with E-state index in [9.17, 15) is 39.6 Å². The van der Waals surface area contributed by atoms with Crippen LogP contribution in [0.3, 0.4) is 0 Å². The second kappa shape index (κ2) is 8.14. The summed E-state index contributed by atoms with van der Waals surface area (Å²) in [6, 6.07) is 3.68. The van der Waals surface area contributed by atoms with Crippen molar-refractivity contribution in [1.29, 1.82) is 0 Å². The zero-order chi connectivity index (χ0) is 22.9. The van der Waals surface area contributed by atoms with Gasteiger partial charge in [0.1, 0.15) is 10.6 Å². The lowest BCUT2D eigenvalue weighted by Crippen LogP contribution is -2.21. The first-order valence-electron chi connectivity index (χ1n) is 7.91. The Hall–Kier alpha value is -2.80. The molecule has 0 aliphatic rings. The number of ether oxygens (including phenoxy) is 1. The number of anilines is 1. The monoisotopic (exact) mass is 456 g/mol. The fourth-order valence-electron chi connectivity index (χ4n) is 2.37. The summed E-state index contributed by atoms with van der Waals surface area (Å²) in [5.41, 5.74) is -4.33. The van der Waals surface area contributed by atoms with Crippen LogP contribution in [0.4, 0.5) is 32.0 Å². The third kappa shape index (κ3) is 5.21. The number of carbonyl (C=O) groups excluding carboxylic acids is 1. The number of nitrogens with one attached hydrogen (secondary N) is 2. The maximum absolute atomic E-state index is 12.9. The van der Waals surface area contributed by atoms with Crippen molar-refractivity contribution in [2.24, 2.45) is 0 Å². The van der Waals surface area contributed by atoms with Gasteiger partial charge in [0.2, 0.25) is 10.0 Å². The van der Waals surface area contributed by atoms with Gasteiger partial charge in [-0.3, -0.25) is 4.79 Å². The molecular formula is C17H14F6N2O4S. The van der Waals surface area contributed by atoms with Crippen molar-refractivity contribution in [2.75, 3.05) is 19.5 Å². The van der Waals surface area contributed by atoms with Crippen LogP contribution in [0.15, 0.2) is 41.3 Å². The van der Waals surface area contributed by atoms with Gasteiger partial charge in [0.25, 0.3) is 5.91 Å². The summed E-state index contributed by atoms with van der Waals surface area (Å²) in [7, 11) is -1.80. The van der Waals surface area contributed by atoms with Crippen LogP contribution < -0.4 is 14.8 Å². The van der Waals surface area contributed by atoms with Crippen molar-refractivity contribution in [3.05, 3.63) is 53.1 Å². The number of benzene rings is 2. The van der Waals surface area contributed by atoms with E-state index in [0.29, 0.717) is 12.1 Å². The molecule has 0 aromatic heterocycles. The minimum absolute atomic E-state index is 0.0827. The molecule has 0 aliphatic heterocycles. The molecule has 0 saturated heterocycles. The largest absolute Gasteiger partial charge is 0.495 e. The SMILES string of the molecule is CNS(=O)(=O)c1cc(C(=O)Nc2cc(C(F)(F)F)cc(C(F)(F)F)c2)ccc1OC. The Morgan fingerprint density at radius 3 is 1.90 bits per heavy atom. The van der Waals surface area contributed by atoms with E-state index in [0.717, 1.165) is 25.2 Å². The molecule has 6 nitrogen and oxygen atoms in total. The Morgan fingerprint density at radius 1 is 0.933 bits per heavy atom. The standard InChI is InChI=1S/C17H14F6N2O4S/c1-24-30(27,28)14-5-9(3-4-13(14)29-2)15(26)25-12-7-10(16(18,19)20)6-11(8-12)17(21,22)23/h3-8,24H,1-2H3,(H,25,26).